The van der Waals surface area contributed by atoms with Gasteiger partial charge in [-0.25, -0.2) is 13.9 Å². The number of anilines is 1. The molecule has 1 aromatic carbocycles. The molecule has 8 heteroatoms. The van der Waals surface area contributed by atoms with Gasteiger partial charge in [-0.1, -0.05) is 19.4 Å². The van der Waals surface area contributed by atoms with E-state index in [4.69, 9.17) is 5.73 Å². The van der Waals surface area contributed by atoms with Crippen LogP contribution in [0.4, 0.5) is 10.2 Å². The third kappa shape index (κ3) is 4.22. The van der Waals surface area contributed by atoms with Crippen LogP contribution in [0.15, 0.2) is 36.5 Å². The number of nitrogens with two attached hydrogens (primary N) is 1. The molecule has 0 aliphatic heterocycles. The number of halogens is 1. The Morgan fingerprint density at radius 3 is 2.85 bits per heavy atom. The zero-order chi connectivity index (χ0) is 19.2. The van der Waals surface area contributed by atoms with Crippen LogP contribution in [-0.4, -0.2) is 40.1 Å². The summed E-state index contributed by atoms with van der Waals surface area (Å²) in [6, 6.07) is 8.19. The minimum atomic E-state index is -0.603. The fourth-order valence-corrected chi connectivity index (χ4v) is 2.70. The van der Waals surface area contributed by atoms with Crippen LogP contribution in [0.1, 0.15) is 30.1 Å². The van der Waals surface area contributed by atoms with Crippen molar-refractivity contribution in [3.63, 3.8) is 0 Å². The minimum absolute atomic E-state index is 0.0177. The largest absolute Gasteiger partial charge is 0.369 e. The molecular weight excluding hydrogens is 347 g/mol. The molecule has 0 saturated heterocycles. The first-order chi connectivity index (χ1) is 13.1. The topological polar surface area (TPSA) is 97.3 Å². The fourth-order valence-electron chi connectivity index (χ4n) is 2.70. The first-order valence-corrected chi connectivity index (χ1v) is 9.01. The van der Waals surface area contributed by atoms with Crippen molar-refractivity contribution in [2.24, 2.45) is 5.73 Å². The molecule has 0 spiro atoms. The van der Waals surface area contributed by atoms with Gasteiger partial charge < -0.3 is 16.4 Å². The number of benzene rings is 1. The van der Waals surface area contributed by atoms with E-state index in [0.29, 0.717) is 30.0 Å². The average molecular weight is 370 g/mol. The number of carbonyl (C=O) groups is 1. The summed E-state index contributed by atoms with van der Waals surface area (Å²) in [5, 5.41) is 10.4. The molecular formula is C19H23FN6O. The van der Waals surface area contributed by atoms with Crippen LogP contribution in [0, 0.1) is 5.82 Å². The Kier molecular flexibility index (Phi) is 5.97. The van der Waals surface area contributed by atoms with Gasteiger partial charge in [-0.2, -0.15) is 0 Å². The lowest BCUT2D eigenvalue weighted by Crippen LogP contribution is -2.29. The second-order valence-corrected chi connectivity index (χ2v) is 6.15. The molecule has 27 heavy (non-hydrogen) atoms. The van der Waals surface area contributed by atoms with Crippen LogP contribution in [0.3, 0.4) is 0 Å². The number of hydrogen-bond donors (Lipinski definition) is 3. The van der Waals surface area contributed by atoms with Crippen molar-refractivity contribution in [3.8, 4) is 11.3 Å². The molecule has 0 fully saturated rings. The highest BCUT2D eigenvalue weighted by Gasteiger charge is 2.14. The molecule has 0 atom stereocenters. The molecule has 0 unspecified atom stereocenters. The van der Waals surface area contributed by atoms with Gasteiger partial charge in [0.25, 0.3) is 5.91 Å². The smallest absolute Gasteiger partial charge is 0.254 e. The van der Waals surface area contributed by atoms with Crippen LogP contribution >= 0.6 is 0 Å². The zero-order valence-corrected chi connectivity index (χ0v) is 15.2. The quantitative estimate of drug-likeness (QED) is 0.529. The van der Waals surface area contributed by atoms with Crippen molar-refractivity contribution < 1.29 is 9.18 Å². The third-order valence-corrected chi connectivity index (χ3v) is 4.14. The lowest BCUT2D eigenvalue weighted by atomic mass is 10.1. The predicted octanol–water partition coefficient (Wildman–Crippen LogP) is 2.44. The maximum absolute atomic E-state index is 14.5. The predicted molar refractivity (Wildman–Crippen MR) is 103 cm³/mol. The van der Waals surface area contributed by atoms with Gasteiger partial charge in [-0.05, 0) is 30.7 Å². The minimum Gasteiger partial charge on any atom is -0.369 e. The zero-order valence-electron chi connectivity index (χ0n) is 15.2. The van der Waals surface area contributed by atoms with E-state index in [1.165, 1.54) is 12.1 Å². The van der Waals surface area contributed by atoms with Gasteiger partial charge >= 0.3 is 0 Å². The third-order valence-electron chi connectivity index (χ3n) is 4.14. The van der Waals surface area contributed by atoms with Crippen molar-refractivity contribution in [3.05, 3.63) is 47.9 Å². The first-order valence-electron chi connectivity index (χ1n) is 9.01. The van der Waals surface area contributed by atoms with Crippen LogP contribution in [-0.2, 0) is 0 Å². The summed E-state index contributed by atoms with van der Waals surface area (Å²) in [6.07, 6.45) is 3.78. The Bertz CT molecular complexity index is 939. The van der Waals surface area contributed by atoms with E-state index in [2.05, 4.69) is 27.6 Å². The van der Waals surface area contributed by atoms with Crippen LogP contribution in [0.5, 0.6) is 0 Å². The van der Waals surface area contributed by atoms with Gasteiger partial charge in [0.15, 0.2) is 5.65 Å². The number of nitrogens with one attached hydrogen (secondary N) is 2. The number of aromatic nitrogens is 3. The first kappa shape index (κ1) is 18.8. The van der Waals surface area contributed by atoms with E-state index in [9.17, 15) is 9.18 Å². The number of nitrogens with zero attached hydrogens (tertiary/aromatic N) is 3. The number of carbonyl (C=O) groups excluding carboxylic acids is 1. The molecule has 142 valence electrons. The van der Waals surface area contributed by atoms with E-state index in [1.807, 2.05) is 12.1 Å². The molecule has 0 aliphatic carbocycles. The summed E-state index contributed by atoms with van der Waals surface area (Å²) in [4.78, 5) is 16.3. The monoisotopic (exact) mass is 370 g/mol. The number of hydrogen-bond acceptors (Lipinski definition) is 5. The van der Waals surface area contributed by atoms with Gasteiger partial charge in [-0.3, -0.25) is 4.79 Å². The SMILES string of the molecule is CCCCNc1ccc2ncc(-c3ccc(C(=O)NCCN)c(F)c3)n2n1. The van der Waals surface area contributed by atoms with E-state index >= 15 is 0 Å². The van der Waals surface area contributed by atoms with E-state index < -0.39 is 11.7 Å². The van der Waals surface area contributed by atoms with Gasteiger partial charge in [0.2, 0.25) is 0 Å². The van der Waals surface area contributed by atoms with Crippen LogP contribution in [0.25, 0.3) is 16.9 Å². The maximum atomic E-state index is 14.5. The fraction of sp³-hybridized carbons (Fsp3) is 0.316. The molecule has 0 bridgehead atoms. The van der Waals surface area contributed by atoms with Gasteiger partial charge in [0.1, 0.15) is 11.6 Å². The molecule has 0 radical (unpaired) electrons. The molecule has 2 heterocycles. The standard InChI is InChI=1S/C19H23FN6O/c1-2-3-9-22-17-6-7-18-24-12-16(26(18)25-17)13-4-5-14(15(20)11-13)19(27)23-10-8-21/h4-7,11-12H,2-3,8-10,21H2,1H3,(H,22,25)(H,23,27). The molecule has 3 rings (SSSR count). The van der Waals surface area contributed by atoms with Gasteiger partial charge in [0.05, 0.1) is 17.5 Å². The maximum Gasteiger partial charge on any atom is 0.254 e. The Hall–Kier alpha value is -3.00. The number of rotatable bonds is 8. The summed E-state index contributed by atoms with van der Waals surface area (Å²) in [7, 11) is 0. The van der Waals surface area contributed by atoms with Crippen molar-refractivity contribution in [2.45, 2.75) is 19.8 Å². The van der Waals surface area contributed by atoms with Crippen molar-refractivity contribution >= 4 is 17.4 Å². The highest BCUT2D eigenvalue weighted by Crippen LogP contribution is 2.23. The Morgan fingerprint density at radius 1 is 1.26 bits per heavy atom. The lowest BCUT2D eigenvalue weighted by molar-refractivity contribution is 0.0951. The van der Waals surface area contributed by atoms with E-state index in [1.54, 1.807) is 16.8 Å². The number of amides is 1. The van der Waals surface area contributed by atoms with Gasteiger partial charge in [-0.15, -0.1) is 5.10 Å². The molecule has 2 aromatic heterocycles. The molecule has 3 aromatic rings. The molecule has 7 nitrogen and oxygen atoms in total. The van der Waals surface area contributed by atoms with Crippen molar-refractivity contribution in [1.29, 1.82) is 0 Å². The van der Waals surface area contributed by atoms with Crippen molar-refractivity contribution in [1.82, 2.24) is 19.9 Å². The Labute approximate surface area is 156 Å². The lowest BCUT2D eigenvalue weighted by Gasteiger charge is -2.08. The number of unbranched alkanes of at least 4 members (excludes halogenated alkanes) is 1. The Morgan fingerprint density at radius 2 is 2.11 bits per heavy atom. The van der Waals surface area contributed by atoms with Crippen LogP contribution in [0.2, 0.25) is 0 Å². The second kappa shape index (κ2) is 8.59. The van der Waals surface area contributed by atoms with Crippen LogP contribution < -0.4 is 16.4 Å². The van der Waals surface area contributed by atoms with E-state index in [0.717, 1.165) is 25.2 Å². The molecule has 0 saturated carbocycles. The van der Waals surface area contributed by atoms with Crippen molar-refractivity contribution in [2.75, 3.05) is 25.0 Å². The highest BCUT2D eigenvalue weighted by atomic mass is 19.1. The Balaban J connectivity index is 1.89. The summed E-state index contributed by atoms with van der Waals surface area (Å²) < 4.78 is 16.1. The van der Waals surface area contributed by atoms with Gasteiger partial charge in [0, 0.05) is 25.2 Å². The average Bonchev–Trinajstić information content (AvgIpc) is 3.09. The highest BCUT2D eigenvalue weighted by molar-refractivity contribution is 5.95. The summed E-state index contributed by atoms with van der Waals surface area (Å²) in [5.74, 6) is -0.356. The molecule has 0 aliphatic rings. The molecule has 1 amide bonds. The number of imidazole rings is 1. The number of fused-ring (bicyclic) bond motifs is 1. The summed E-state index contributed by atoms with van der Waals surface area (Å²) >= 11 is 0. The second-order valence-electron chi connectivity index (χ2n) is 6.15. The normalized spacial score (nSPS) is 10.9. The summed E-state index contributed by atoms with van der Waals surface area (Å²) in [5.41, 5.74) is 7.24. The van der Waals surface area contributed by atoms with E-state index in [-0.39, 0.29) is 5.56 Å². The summed E-state index contributed by atoms with van der Waals surface area (Å²) in [6.45, 7) is 3.56. The molecule has 4 N–H and O–H groups in total.